The lowest BCUT2D eigenvalue weighted by atomic mass is 10.2. The number of nitriles is 1. The maximum Gasteiger partial charge on any atom is 0.256 e. The predicted octanol–water partition coefficient (Wildman–Crippen LogP) is 3.48. The molecule has 1 amide bonds. The van der Waals surface area contributed by atoms with Gasteiger partial charge in [0.15, 0.2) is 0 Å². The van der Waals surface area contributed by atoms with Gasteiger partial charge in [-0.3, -0.25) is 4.79 Å². The van der Waals surface area contributed by atoms with Gasteiger partial charge >= 0.3 is 0 Å². The number of carbonyl (C=O) groups excluding carboxylic acids is 1. The molecule has 1 aromatic heterocycles. The molecule has 2 rings (SSSR count). The standard InChI is InChI=1S/C12H7IN2OS/c13-10-3-1-8(2-4-10)11(16)15-12-9(7-14)5-6-17-12/h1-6H,(H,15,16). The second kappa shape index (κ2) is 5.29. The third-order valence-electron chi connectivity index (χ3n) is 2.12. The number of nitrogens with one attached hydrogen (secondary N) is 1. The van der Waals surface area contributed by atoms with E-state index in [9.17, 15) is 4.79 Å². The highest BCUT2D eigenvalue weighted by Gasteiger charge is 2.09. The van der Waals surface area contributed by atoms with Crippen molar-refractivity contribution in [2.45, 2.75) is 0 Å². The number of rotatable bonds is 2. The first-order chi connectivity index (χ1) is 8.20. The quantitative estimate of drug-likeness (QED) is 0.840. The molecular formula is C12H7IN2OS. The summed E-state index contributed by atoms with van der Waals surface area (Å²) in [5.74, 6) is -0.194. The van der Waals surface area contributed by atoms with Gasteiger partial charge in [-0.25, -0.2) is 0 Å². The summed E-state index contributed by atoms with van der Waals surface area (Å²) < 4.78 is 1.08. The lowest BCUT2D eigenvalue weighted by Crippen LogP contribution is -2.11. The van der Waals surface area contributed by atoms with Crippen molar-refractivity contribution in [3.05, 3.63) is 50.4 Å². The van der Waals surface area contributed by atoms with Crippen molar-refractivity contribution in [3.63, 3.8) is 0 Å². The van der Waals surface area contributed by atoms with Crippen molar-refractivity contribution >= 4 is 44.8 Å². The number of hydrogen-bond acceptors (Lipinski definition) is 3. The molecule has 0 saturated heterocycles. The van der Waals surface area contributed by atoms with E-state index < -0.39 is 0 Å². The van der Waals surface area contributed by atoms with E-state index in [2.05, 4.69) is 27.9 Å². The number of anilines is 1. The van der Waals surface area contributed by atoms with Gasteiger partial charge in [0.1, 0.15) is 11.1 Å². The van der Waals surface area contributed by atoms with Gasteiger partial charge in [0.25, 0.3) is 5.91 Å². The Balaban J connectivity index is 2.18. The minimum atomic E-state index is -0.194. The van der Waals surface area contributed by atoms with Crippen LogP contribution in [-0.4, -0.2) is 5.91 Å². The average Bonchev–Trinajstić information content (AvgIpc) is 2.77. The SMILES string of the molecule is N#Cc1ccsc1NC(=O)c1ccc(I)cc1. The molecule has 0 unspecified atom stereocenters. The molecule has 0 atom stereocenters. The molecule has 0 fully saturated rings. The monoisotopic (exact) mass is 354 g/mol. The Morgan fingerprint density at radius 2 is 2.00 bits per heavy atom. The Bertz CT molecular complexity index is 583. The second-order valence-corrected chi connectivity index (χ2v) is 5.40. The number of thiophene rings is 1. The molecular weight excluding hydrogens is 347 g/mol. The highest BCUT2D eigenvalue weighted by molar-refractivity contribution is 14.1. The Kier molecular flexibility index (Phi) is 3.76. The summed E-state index contributed by atoms with van der Waals surface area (Å²) in [7, 11) is 0. The number of halogens is 1. The highest BCUT2D eigenvalue weighted by Crippen LogP contribution is 2.22. The molecule has 3 nitrogen and oxygen atoms in total. The number of amides is 1. The number of nitrogens with zero attached hydrogens (tertiary/aromatic N) is 1. The lowest BCUT2D eigenvalue weighted by Gasteiger charge is -2.03. The van der Waals surface area contributed by atoms with Crippen LogP contribution in [0.3, 0.4) is 0 Å². The van der Waals surface area contributed by atoms with E-state index in [1.165, 1.54) is 11.3 Å². The van der Waals surface area contributed by atoms with Gasteiger partial charge in [0.05, 0.1) is 5.56 Å². The van der Waals surface area contributed by atoms with Gasteiger partial charge in [-0.2, -0.15) is 5.26 Å². The summed E-state index contributed by atoms with van der Waals surface area (Å²) >= 11 is 3.53. The van der Waals surface area contributed by atoms with Crippen molar-refractivity contribution in [1.82, 2.24) is 0 Å². The van der Waals surface area contributed by atoms with E-state index in [0.29, 0.717) is 16.1 Å². The average molecular weight is 354 g/mol. The van der Waals surface area contributed by atoms with Crippen LogP contribution in [0.25, 0.3) is 0 Å². The fourth-order valence-corrected chi connectivity index (χ4v) is 2.36. The minimum Gasteiger partial charge on any atom is -0.312 e. The Hall–Kier alpha value is -1.39. The van der Waals surface area contributed by atoms with Gasteiger partial charge in [-0.05, 0) is 58.3 Å². The van der Waals surface area contributed by atoms with Crippen LogP contribution in [-0.2, 0) is 0 Å². The first kappa shape index (κ1) is 12.1. The molecule has 0 radical (unpaired) electrons. The van der Waals surface area contributed by atoms with Crippen LogP contribution in [0.1, 0.15) is 15.9 Å². The maximum atomic E-state index is 11.9. The number of hydrogen-bond donors (Lipinski definition) is 1. The molecule has 0 spiro atoms. The van der Waals surface area contributed by atoms with E-state index >= 15 is 0 Å². The van der Waals surface area contributed by atoms with Crippen LogP contribution < -0.4 is 5.32 Å². The molecule has 84 valence electrons. The molecule has 1 N–H and O–H groups in total. The zero-order valence-electron chi connectivity index (χ0n) is 8.61. The summed E-state index contributed by atoms with van der Waals surface area (Å²) in [5.41, 5.74) is 1.08. The summed E-state index contributed by atoms with van der Waals surface area (Å²) in [6, 6.07) is 11.0. The summed E-state index contributed by atoms with van der Waals surface area (Å²) in [6.07, 6.45) is 0. The van der Waals surface area contributed by atoms with E-state index in [1.807, 2.05) is 18.2 Å². The largest absolute Gasteiger partial charge is 0.312 e. The van der Waals surface area contributed by atoms with Crippen molar-refractivity contribution in [2.75, 3.05) is 5.32 Å². The van der Waals surface area contributed by atoms with Crippen LogP contribution in [0.2, 0.25) is 0 Å². The van der Waals surface area contributed by atoms with Gasteiger partial charge in [0.2, 0.25) is 0 Å². The minimum absolute atomic E-state index is 0.194. The van der Waals surface area contributed by atoms with Gasteiger partial charge < -0.3 is 5.32 Å². The van der Waals surface area contributed by atoms with Gasteiger partial charge in [-0.1, -0.05) is 0 Å². The van der Waals surface area contributed by atoms with E-state index in [-0.39, 0.29) is 5.91 Å². The molecule has 2 aromatic rings. The van der Waals surface area contributed by atoms with E-state index in [1.54, 1.807) is 23.6 Å². The van der Waals surface area contributed by atoms with Crippen LogP contribution >= 0.6 is 33.9 Å². The molecule has 0 aliphatic carbocycles. The van der Waals surface area contributed by atoms with Crippen molar-refractivity contribution in [1.29, 1.82) is 5.26 Å². The molecule has 0 saturated carbocycles. The summed E-state index contributed by atoms with van der Waals surface area (Å²) in [4.78, 5) is 11.9. The normalized spacial score (nSPS) is 9.65. The van der Waals surface area contributed by atoms with Crippen molar-refractivity contribution < 1.29 is 4.79 Å². The number of benzene rings is 1. The zero-order valence-corrected chi connectivity index (χ0v) is 11.6. The van der Waals surface area contributed by atoms with E-state index in [4.69, 9.17) is 5.26 Å². The first-order valence-electron chi connectivity index (χ1n) is 4.75. The molecule has 1 aromatic carbocycles. The molecule has 0 aliphatic heterocycles. The van der Waals surface area contributed by atoms with Crippen molar-refractivity contribution in [2.24, 2.45) is 0 Å². The van der Waals surface area contributed by atoms with Gasteiger partial charge in [0, 0.05) is 9.13 Å². The Morgan fingerprint density at radius 3 is 2.65 bits per heavy atom. The fourth-order valence-electron chi connectivity index (χ4n) is 1.27. The lowest BCUT2D eigenvalue weighted by molar-refractivity contribution is 0.102. The van der Waals surface area contributed by atoms with Crippen LogP contribution in [0, 0.1) is 14.9 Å². The Labute approximate surface area is 116 Å². The van der Waals surface area contributed by atoms with E-state index in [0.717, 1.165) is 3.57 Å². The van der Waals surface area contributed by atoms with Crippen LogP contribution in [0.5, 0.6) is 0 Å². The Morgan fingerprint density at radius 1 is 1.29 bits per heavy atom. The third kappa shape index (κ3) is 2.84. The molecule has 5 heteroatoms. The van der Waals surface area contributed by atoms with Crippen LogP contribution in [0.4, 0.5) is 5.00 Å². The second-order valence-electron chi connectivity index (χ2n) is 3.24. The first-order valence-corrected chi connectivity index (χ1v) is 6.71. The fraction of sp³-hybridized carbons (Fsp3) is 0. The predicted molar refractivity (Wildman–Crippen MR) is 76.1 cm³/mol. The maximum absolute atomic E-state index is 11.9. The molecule has 1 heterocycles. The molecule has 0 aliphatic rings. The van der Waals surface area contributed by atoms with Crippen molar-refractivity contribution in [3.8, 4) is 6.07 Å². The topological polar surface area (TPSA) is 52.9 Å². The van der Waals surface area contributed by atoms with Gasteiger partial charge in [-0.15, -0.1) is 11.3 Å². The third-order valence-corrected chi connectivity index (χ3v) is 3.67. The highest BCUT2D eigenvalue weighted by atomic mass is 127. The smallest absolute Gasteiger partial charge is 0.256 e. The summed E-state index contributed by atoms with van der Waals surface area (Å²) in [5, 5.41) is 13.9. The number of carbonyl (C=O) groups is 1. The molecule has 17 heavy (non-hydrogen) atoms. The summed E-state index contributed by atoms with van der Waals surface area (Å²) in [6.45, 7) is 0. The zero-order chi connectivity index (χ0) is 12.3. The molecule has 0 bridgehead atoms. The van der Waals surface area contributed by atoms with Crippen LogP contribution in [0.15, 0.2) is 35.7 Å².